The van der Waals surface area contributed by atoms with Crippen LogP contribution in [0.2, 0.25) is 4.34 Å². The average Bonchev–Trinajstić information content (AvgIpc) is 2.73. The first-order valence-electron chi connectivity index (χ1n) is 5.00. The lowest BCUT2D eigenvalue weighted by Crippen LogP contribution is -2.22. The van der Waals surface area contributed by atoms with Gasteiger partial charge in [-0.05, 0) is 36.4 Å². The van der Waals surface area contributed by atoms with Gasteiger partial charge < -0.3 is 5.11 Å². The molecule has 2 N–H and O–H groups in total. The zero-order valence-electron chi connectivity index (χ0n) is 9.13. The van der Waals surface area contributed by atoms with E-state index in [1.165, 1.54) is 35.6 Å². The van der Waals surface area contributed by atoms with E-state index in [1.807, 2.05) is 0 Å². The highest BCUT2D eigenvalue weighted by Crippen LogP contribution is 2.22. The number of hydrogen-bond donors (Lipinski definition) is 2. The van der Waals surface area contributed by atoms with Crippen molar-refractivity contribution in [1.29, 1.82) is 0 Å². The standard InChI is InChI=1S/C11H10ClNO3S2/c12-11-6-3-9(17-11)7-13-18(15,16)10-4-1-8(14)2-5-10/h1-6,13-14H,7H2. The number of phenolic OH excluding ortho intramolecular Hbond substituents is 1. The lowest BCUT2D eigenvalue weighted by Gasteiger charge is -2.05. The highest BCUT2D eigenvalue weighted by Gasteiger charge is 2.13. The number of benzene rings is 1. The Hall–Kier alpha value is -1.08. The second-order valence-corrected chi connectivity index (χ2v) is 7.09. The van der Waals surface area contributed by atoms with Crippen LogP contribution in [0.25, 0.3) is 0 Å². The number of aromatic hydroxyl groups is 1. The highest BCUT2D eigenvalue weighted by atomic mass is 35.5. The predicted octanol–water partition coefficient (Wildman–Crippen LogP) is 2.59. The van der Waals surface area contributed by atoms with Gasteiger partial charge in [0.15, 0.2) is 0 Å². The van der Waals surface area contributed by atoms with Crippen LogP contribution in [0.4, 0.5) is 0 Å². The van der Waals surface area contributed by atoms with E-state index in [1.54, 1.807) is 12.1 Å². The minimum atomic E-state index is -3.56. The van der Waals surface area contributed by atoms with Crippen LogP contribution in [-0.2, 0) is 16.6 Å². The van der Waals surface area contributed by atoms with Crippen molar-refractivity contribution in [2.75, 3.05) is 0 Å². The van der Waals surface area contributed by atoms with Gasteiger partial charge in [-0.1, -0.05) is 11.6 Å². The molecule has 0 aliphatic carbocycles. The molecule has 0 saturated heterocycles. The van der Waals surface area contributed by atoms with Gasteiger partial charge in [-0.15, -0.1) is 11.3 Å². The van der Waals surface area contributed by atoms with Gasteiger partial charge in [0.25, 0.3) is 0 Å². The van der Waals surface area contributed by atoms with Crippen LogP contribution in [0.3, 0.4) is 0 Å². The Labute approximate surface area is 114 Å². The minimum Gasteiger partial charge on any atom is -0.508 e. The molecule has 96 valence electrons. The predicted molar refractivity (Wildman–Crippen MR) is 71.5 cm³/mol. The summed E-state index contributed by atoms with van der Waals surface area (Å²) in [5, 5.41) is 9.10. The Morgan fingerprint density at radius 3 is 2.39 bits per heavy atom. The second kappa shape index (κ2) is 5.27. The molecule has 0 unspecified atom stereocenters. The lowest BCUT2D eigenvalue weighted by atomic mass is 10.3. The number of phenols is 1. The van der Waals surface area contributed by atoms with E-state index < -0.39 is 10.0 Å². The fourth-order valence-electron chi connectivity index (χ4n) is 1.32. The largest absolute Gasteiger partial charge is 0.508 e. The average molecular weight is 304 g/mol. The fraction of sp³-hybridized carbons (Fsp3) is 0.0909. The summed E-state index contributed by atoms with van der Waals surface area (Å²) in [6.07, 6.45) is 0. The van der Waals surface area contributed by atoms with Crippen molar-refractivity contribution in [3.05, 3.63) is 45.6 Å². The van der Waals surface area contributed by atoms with Gasteiger partial charge in [0.1, 0.15) is 5.75 Å². The maximum Gasteiger partial charge on any atom is 0.240 e. The summed E-state index contributed by atoms with van der Waals surface area (Å²) in [5.74, 6) is 0.0268. The Kier molecular flexibility index (Phi) is 3.91. The van der Waals surface area contributed by atoms with Gasteiger partial charge >= 0.3 is 0 Å². The van der Waals surface area contributed by atoms with Gasteiger partial charge in [-0.25, -0.2) is 13.1 Å². The van der Waals surface area contributed by atoms with Crippen LogP contribution >= 0.6 is 22.9 Å². The maximum atomic E-state index is 11.9. The van der Waals surface area contributed by atoms with Crippen molar-refractivity contribution in [3.63, 3.8) is 0 Å². The summed E-state index contributed by atoms with van der Waals surface area (Å²) in [4.78, 5) is 0.949. The summed E-state index contributed by atoms with van der Waals surface area (Å²) >= 11 is 7.08. The van der Waals surface area contributed by atoms with Crippen molar-refractivity contribution in [1.82, 2.24) is 4.72 Å². The number of nitrogens with one attached hydrogen (secondary N) is 1. The molecule has 0 aliphatic rings. The smallest absolute Gasteiger partial charge is 0.240 e. The molecule has 1 heterocycles. The van der Waals surface area contributed by atoms with Crippen molar-refractivity contribution in [2.45, 2.75) is 11.4 Å². The summed E-state index contributed by atoms with van der Waals surface area (Å²) < 4.78 is 26.9. The van der Waals surface area contributed by atoms with Gasteiger partial charge in [-0.2, -0.15) is 0 Å². The number of hydrogen-bond acceptors (Lipinski definition) is 4. The molecule has 0 radical (unpaired) electrons. The molecule has 0 bridgehead atoms. The topological polar surface area (TPSA) is 66.4 Å². The minimum absolute atomic E-state index is 0.0268. The molecule has 1 aromatic carbocycles. The zero-order chi connectivity index (χ0) is 13.2. The molecule has 2 rings (SSSR count). The first kappa shape index (κ1) is 13.4. The molecular formula is C11H10ClNO3S2. The van der Waals surface area contributed by atoms with E-state index in [0.717, 1.165) is 4.88 Å². The monoisotopic (exact) mass is 303 g/mol. The van der Waals surface area contributed by atoms with Gasteiger partial charge in [0.05, 0.1) is 9.23 Å². The molecule has 18 heavy (non-hydrogen) atoms. The van der Waals surface area contributed by atoms with Crippen LogP contribution in [-0.4, -0.2) is 13.5 Å². The molecule has 7 heteroatoms. The number of sulfonamides is 1. The Bertz CT molecular complexity index is 635. The SMILES string of the molecule is O=S(=O)(NCc1ccc(Cl)s1)c1ccc(O)cc1. The van der Waals surface area contributed by atoms with E-state index in [4.69, 9.17) is 16.7 Å². The zero-order valence-corrected chi connectivity index (χ0v) is 11.5. The molecule has 0 spiro atoms. The van der Waals surface area contributed by atoms with E-state index in [2.05, 4.69) is 4.72 Å². The van der Waals surface area contributed by atoms with Gasteiger partial charge in [0, 0.05) is 11.4 Å². The van der Waals surface area contributed by atoms with Crippen molar-refractivity contribution < 1.29 is 13.5 Å². The molecule has 2 aromatic rings. The third-order valence-corrected chi connectivity index (χ3v) is 4.86. The lowest BCUT2D eigenvalue weighted by molar-refractivity contribution is 0.474. The summed E-state index contributed by atoms with van der Waals surface area (Å²) in [7, 11) is -3.56. The molecule has 0 saturated carbocycles. The number of thiophene rings is 1. The highest BCUT2D eigenvalue weighted by molar-refractivity contribution is 7.89. The van der Waals surface area contributed by atoms with E-state index in [9.17, 15) is 8.42 Å². The third kappa shape index (κ3) is 3.23. The van der Waals surface area contributed by atoms with Crippen LogP contribution in [0.15, 0.2) is 41.3 Å². The molecule has 0 fully saturated rings. The van der Waals surface area contributed by atoms with Crippen molar-refractivity contribution >= 4 is 33.0 Å². The summed E-state index contributed by atoms with van der Waals surface area (Å²) in [5.41, 5.74) is 0. The molecular weight excluding hydrogens is 294 g/mol. The second-order valence-electron chi connectivity index (χ2n) is 3.52. The van der Waals surface area contributed by atoms with E-state index >= 15 is 0 Å². The molecule has 4 nitrogen and oxygen atoms in total. The Balaban J connectivity index is 2.10. The van der Waals surface area contributed by atoms with E-state index in [-0.39, 0.29) is 17.2 Å². The quantitative estimate of drug-likeness (QED) is 0.912. The maximum absolute atomic E-state index is 11.9. The molecule has 0 aliphatic heterocycles. The van der Waals surface area contributed by atoms with Gasteiger partial charge in [-0.3, -0.25) is 0 Å². The molecule has 0 amide bonds. The molecule has 0 atom stereocenters. The number of halogens is 1. The van der Waals surface area contributed by atoms with Crippen LogP contribution in [0.1, 0.15) is 4.88 Å². The molecule has 1 aromatic heterocycles. The van der Waals surface area contributed by atoms with Gasteiger partial charge in [0.2, 0.25) is 10.0 Å². The first-order chi connectivity index (χ1) is 8.47. The normalized spacial score (nSPS) is 11.6. The number of rotatable bonds is 4. The van der Waals surface area contributed by atoms with Crippen LogP contribution in [0.5, 0.6) is 5.75 Å². The van der Waals surface area contributed by atoms with Crippen molar-refractivity contribution in [3.8, 4) is 5.75 Å². The summed E-state index contributed by atoms with van der Waals surface area (Å²) in [6.45, 7) is 0.195. The van der Waals surface area contributed by atoms with Crippen molar-refractivity contribution in [2.24, 2.45) is 0 Å². The summed E-state index contributed by atoms with van der Waals surface area (Å²) in [6, 6.07) is 8.84. The van der Waals surface area contributed by atoms with Crippen LogP contribution in [0, 0.1) is 0 Å². The Morgan fingerprint density at radius 2 is 1.83 bits per heavy atom. The first-order valence-corrected chi connectivity index (χ1v) is 7.68. The Morgan fingerprint density at radius 1 is 1.17 bits per heavy atom. The van der Waals surface area contributed by atoms with E-state index in [0.29, 0.717) is 4.34 Å². The van der Waals surface area contributed by atoms with Crippen LogP contribution < -0.4 is 4.72 Å². The third-order valence-electron chi connectivity index (χ3n) is 2.21. The fourth-order valence-corrected chi connectivity index (χ4v) is 3.45.